The maximum atomic E-state index is 13.7. The number of rotatable bonds is 3. The van der Waals surface area contributed by atoms with E-state index in [-0.39, 0.29) is 17.3 Å². The van der Waals surface area contributed by atoms with Gasteiger partial charge in [-0.25, -0.2) is 22.6 Å². The molecule has 0 aliphatic rings. The van der Waals surface area contributed by atoms with Crippen LogP contribution in [0.3, 0.4) is 0 Å². The van der Waals surface area contributed by atoms with Gasteiger partial charge in [0.2, 0.25) is 0 Å². The summed E-state index contributed by atoms with van der Waals surface area (Å²) in [6.07, 6.45) is 0. The van der Waals surface area contributed by atoms with E-state index in [9.17, 15) is 18.0 Å². The number of aromatic nitrogens is 3. The van der Waals surface area contributed by atoms with Gasteiger partial charge in [0.1, 0.15) is 11.5 Å². The lowest BCUT2D eigenvalue weighted by Gasteiger charge is -2.11. The zero-order valence-corrected chi connectivity index (χ0v) is 10.6. The van der Waals surface area contributed by atoms with Gasteiger partial charge in [0.25, 0.3) is 0 Å². The van der Waals surface area contributed by atoms with Crippen molar-refractivity contribution < 1.29 is 23.1 Å². The molecule has 1 N–H and O–H groups in total. The molecule has 5 nitrogen and oxygen atoms in total. The maximum absolute atomic E-state index is 13.7. The summed E-state index contributed by atoms with van der Waals surface area (Å²) in [6, 6.07) is 1.12. The van der Waals surface area contributed by atoms with Crippen molar-refractivity contribution in [2.24, 2.45) is 0 Å². The molecule has 1 heterocycles. The molecule has 8 heteroatoms. The minimum Gasteiger partial charge on any atom is -0.476 e. The molecule has 0 saturated heterocycles. The van der Waals surface area contributed by atoms with Gasteiger partial charge in [-0.2, -0.15) is 0 Å². The van der Waals surface area contributed by atoms with E-state index >= 15 is 0 Å². The number of benzene rings is 1. The van der Waals surface area contributed by atoms with Gasteiger partial charge >= 0.3 is 5.97 Å². The summed E-state index contributed by atoms with van der Waals surface area (Å²) in [5, 5.41) is 15.9. The molecular weight excluding hydrogens is 275 g/mol. The SMILES string of the molecule is CC(C)c1c(C(=O)O)nnn1-c1cc(F)cc(F)c1F. The van der Waals surface area contributed by atoms with Gasteiger partial charge in [0.05, 0.1) is 5.69 Å². The second-order valence-corrected chi connectivity index (χ2v) is 4.42. The van der Waals surface area contributed by atoms with Gasteiger partial charge < -0.3 is 5.11 Å². The van der Waals surface area contributed by atoms with Gasteiger partial charge in [-0.1, -0.05) is 19.1 Å². The zero-order chi connectivity index (χ0) is 15.0. The number of nitrogens with zero attached hydrogens (tertiary/aromatic N) is 3. The zero-order valence-electron chi connectivity index (χ0n) is 10.6. The Bertz CT molecular complexity index is 683. The monoisotopic (exact) mass is 285 g/mol. The number of hydrogen-bond donors (Lipinski definition) is 1. The van der Waals surface area contributed by atoms with Gasteiger partial charge in [-0.05, 0) is 5.92 Å². The summed E-state index contributed by atoms with van der Waals surface area (Å²) in [5.74, 6) is -5.45. The molecule has 0 spiro atoms. The first-order valence-electron chi connectivity index (χ1n) is 5.66. The Balaban J connectivity index is 2.74. The number of carboxylic acid groups (broad SMARTS) is 1. The molecule has 0 atom stereocenters. The standard InChI is InChI=1S/C12H10F3N3O2/c1-5(2)11-10(12(19)20)16-17-18(11)8-4-6(13)3-7(14)9(8)15/h3-5H,1-2H3,(H,19,20). The highest BCUT2D eigenvalue weighted by Gasteiger charge is 2.25. The van der Waals surface area contributed by atoms with Crippen LogP contribution in [0.25, 0.3) is 5.69 Å². The molecule has 106 valence electrons. The summed E-state index contributed by atoms with van der Waals surface area (Å²) in [7, 11) is 0. The van der Waals surface area contributed by atoms with Crippen molar-refractivity contribution >= 4 is 5.97 Å². The summed E-state index contributed by atoms with van der Waals surface area (Å²) in [5.41, 5.74) is -0.850. The fourth-order valence-electron chi connectivity index (χ4n) is 1.83. The lowest BCUT2D eigenvalue weighted by atomic mass is 10.1. The molecule has 0 aliphatic carbocycles. The summed E-state index contributed by atoms with van der Waals surface area (Å²) in [4.78, 5) is 11.0. The van der Waals surface area contributed by atoms with Crippen LogP contribution in [0, 0.1) is 17.5 Å². The van der Waals surface area contributed by atoms with Crippen molar-refractivity contribution in [3.05, 3.63) is 41.0 Å². The van der Waals surface area contributed by atoms with Crippen molar-refractivity contribution in [3.8, 4) is 5.69 Å². The van der Waals surface area contributed by atoms with Crippen molar-refractivity contribution in [1.82, 2.24) is 15.0 Å². The van der Waals surface area contributed by atoms with E-state index in [1.165, 1.54) is 0 Å². The van der Waals surface area contributed by atoms with E-state index < -0.39 is 29.1 Å². The third kappa shape index (κ3) is 2.24. The lowest BCUT2D eigenvalue weighted by Crippen LogP contribution is -2.10. The summed E-state index contributed by atoms with van der Waals surface area (Å²) in [6.45, 7) is 3.27. The molecular formula is C12H10F3N3O2. The molecule has 0 fully saturated rings. The Hall–Kier alpha value is -2.38. The normalized spacial score (nSPS) is 11.1. The van der Waals surface area contributed by atoms with Crippen molar-refractivity contribution in [2.45, 2.75) is 19.8 Å². The van der Waals surface area contributed by atoms with Crippen molar-refractivity contribution in [2.75, 3.05) is 0 Å². The Morgan fingerprint density at radius 2 is 1.95 bits per heavy atom. The summed E-state index contributed by atoms with van der Waals surface area (Å²) >= 11 is 0. The highest BCUT2D eigenvalue weighted by molar-refractivity contribution is 5.86. The molecule has 1 aromatic carbocycles. The quantitative estimate of drug-likeness (QED) is 0.880. The fourth-order valence-corrected chi connectivity index (χ4v) is 1.83. The first kappa shape index (κ1) is 14.0. The van der Waals surface area contributed by atoms with Crippen LogP contribution in [-0.2, 0) is 0 Å². The van der Waals surface area contributed by atoms with Gasteiger partial charge in [0.15, 0.2) is 17.3 Å². The fraction of sp³-hybridized carbons (Fsp3) is 0.250. The van der Waals surface area contributed by atoms with Gasteiger partial charge in [-0.3, -0.25) is 0 Å². The van der Waals surface area contributed by atoms with Crippen molar-refractivity contribution in [3.63, 3.8) is 0 Å². The molecule has 2 aromatic rings. The molecule has 0 unspecified atom stereocenters. The van der Waals surface area contributed by atoms with E-state index in [4.69, 9.17) is 5.11 Å². The van der Waals surface area contributed by atoms with E-state index in [0.29, 0.717) is 6.07 Å². The van der Waals surface area contributed by atoms with Crippen LogP contribution in [-0.4, -0.2) is 26.1 Å². The molecule has 0 radical (unpaired) electrons. The van der Waals surface area contributed by atoms with Crippen LogP contribution in [0.4, 0.5) is 13.2 Å². The highest BCUT2D eigenvalue weighted by atomic mass is 19.2. The minimum absolute atomic E-state index is 0.0569. The Morgan fingerprint density at radius 1 is 1.30 bits per heavy atom. The number of hydrogen-bond acceptors (Lipinski definition) is 3. The predicted octanol–water partition coefficient (Wildman–Crippen LogP) is 2.51. The van der Waals surface area contributed by atoms with Crippen LogP contribution >= 0.6 is 0 Å². The molecule has 0 saturated carbocycles. The smallest absolute Gasteiger partial charge is 0.358 e. The third-order valence-electron chi connectivity index (χ3n) is 2.66. The summed E-state index contributed by atoms with van der Waals surface area (Å²) < 4.78 is 41.0. The van der Waals surface area contributed by atoms with E-state index in [0.717, 1.165) is 10.7 Å². The largest absolute Gasteiger partial charge is 0.476 e. The topological polar surface area (TPSA) is 68.0 Å². The van der Waals surface area contributed by atoms with Crippen LogP contribution in [0.5, 0.6) is 0 Å². The number of aromatic carboxylic acids is 1. The van der Waals surface area contributed by atoms with Crippen molar-refractivity contribution in [1.29, 1.82) is 0 Å². The molecule has 0 bridgehead atoms. The number of carbonyl (C=O) groups is 1. The molecule has 0 amide bonds. The lowest BCUT2D eigenvalue weighted by molar-refractivity contribution is 0.0688. The molecule has 2 rings (SSSR count). The van der Waals surface area contributed by atoms with Crippen LogP contribution in [0.2, 0.25) is 0 Å². The Labute approximate surface area is 111 Å². The average Bonchev–Trinajstić information content (AvgIpc) is 2.78. The van der Waals surface area contributed by atoms with E-state index in [1.807, 2.05) is 0 Å². The Kier molecular flexibility index (Phi) is 3.47. The van der Waals surface area contributed by atoms with Crippen LogP contribution in [0.15, 0.2) is 12.1 Å². The molecule has 0 aliphatic heterocycles. The van der Waals surface area contributed by atoms with E-state index in [2.05, 4.69) is 10.3 Å². The third-order valence-corrected chi connectivity index (χ3v) is 2.66. The number of carboxylic acids is 1. The highest BCUT2D eigenvalue weighted by Crippen LogP contribution is 2.24. The number of halogens is 3. The second-order valence-electron chi connectivity index (χ2n) is 4.42. The molecule has 20 heavy (non-hydrogen) atoms. The van der Waals surface area contributed by atoms with E-state index in [1.54, 1.807) is 13.8 Å². The first-order valence-corrected chi connectivity index (χ1v) is 5.66. The second kappa shape index (κ2) is 4.95. The minimum atomic E-state index is -1.39. The predicted molar refractivity (Wildman–Crippen MR) is 62.3 cm³/mol. The maximum Gasteiger partial charge on any atom is 0.358 e. The van der Waals surface area contributed by atoms with Gasteiger partial charge in [-0.15, -0.1) is 5.10 Å². The molecule has 1 aromatic heterocycles. The Morgan fingerprint density at radius 3 is 2.50 bits per heavy atom. The van der Waals surface area contributed by atoms with Crippen LogP contribution in [0.1, 0.15) is 35.9 Å². The van der Waals surface area contributed by atoms with Gasteiger partial charge in [0, 0.05) is 12.1 Å². The average molecular weight is 285 g/mol. The van der Waals surface area contributed by atoms with Crippen LogP contribution < -0.4 is 0 Å². The first-order chi connectivity index (χ1) is 9.32.